The van der Waals surface area contributed by atoms with Gasteiger partial charge in [-0.2, -0.15) is 5.10 Å². The van der Waals surface area contributed by atoms with Crippen LogP contribution in [0.1, 0.15) is 10.5 Å². The minimum Gasteiger partial charge on any atom is -0.496 e. The van der Waals surface area contributed by atoms with Gasteiger partial charge in [-0.1, -0.05) is 0 Å². The topological polar surface area (TPSA) is 110 Å². The first kappa shape index (κ1) is 15.4. The summed E-state index contributed by atoms with van der Waals surface area (Å²) in [6.07, 6.45) is 0. The van der Waals surface area contributed by atoms with Crippen LogP contribution in [0.25, 0.3) is 0 Å². The van der Waals surface area contributed by atoms with E-state index in [1.807, 2.05) is 0 Å². The maximum absolute atomic E-state index is 12.1. The van der Waals surface area contributed by atoms with E-state index < -0.39 is 10.8 Å². The number of nitro groups is 1. The second-order valence-corrected chi connectivity index (χ2v) is 5.38. The van der Waals surface area contributed by atoms with Crippen molar-refractivity contribution in [2.24, 2.45) is 0 Å². The Bertz CT molecular complexity index is 716. The molecule has 8 nitrogen and oxygen atoms in total. The third-order valence-electron chi connectivity index (χ3n) is 2.53. The summed E-state index contributed by atoms with van der Waals surface area (Å²) >= 11 is 6.34. The molecule has 0 unspecified atom stereocenters. The highest BCUT2D eigenvalue weighted by atomic mass is 79.9. The fourth-order valence-electron chi connectivity index (χ4n) is 1.53. The molecular formula is C11H8Br2N4O4. The molecule has 0 saturated heterocycles. The van der Waals surface area contributed by atoms with Crippen LogP contribution in [0.15, 0.2) is 27.3 Å². The molecule has 21 heavy (non-hydrogen) atoms. The molecule has 0 aliphatic heterocycles. The van der Waals surface area contributed by atoms with Gasteiger partial charge in [-0.15, -0.1) is 0 Å². The van der Waals surface area contributed by atoms with E-state index in [9.17, 15) is 14.9 Å². The van der Waals surface area contributed by atoms with Crippen LogP contribution in [0.3, 0.4) is 0 Å². The standard InChI is InChI=1S/C11H8Br2N4O4/c1-21-5-2-3-6(7(4-5)17(19)20)14-11(18)9-8(12)10(13)16-15-9/h2-4H,1H3,(H,14,18)(H,15,16). The van der Waals surface area contributed by atoms with Crippen LogP contribution in [0.2, 0.25) is 0 Å². The molecule has 2 aromatic rings. The van der Waals surface area contributed by atoms with Gasteiger partial charge in [0.2, 0.25) is 0 Å². The highest BCUT2D eigenvalue weighted by molar-refractivity contribution is 9.13. The molecule has 110 valence electrons. The van der Waals surface area contributed by atoms with Gasteiger partial charge in [0, 0.05) is 0 Å². The number of carbonyl (C=O) groups excluding carboxylic acids is 1. The predicted molar refractivity (Wildman–Crippen MR) is 81.6 cm³/mol. The Morgan fingerprint density at radius 3 is 2.71 bits per heavy atom. The normalized spacial score (nSPS) is 10.2. The Morgan fingerprint density at radius 2 is 2.19 bits per heavy atom. The number of benzene rings is 1. The maximum atomic E-state index is 12.1. The zero-order valence-corrected chi connectivity index (χ0v) is 13.7. The Balaban J connectivity index is 2.33. The maximum Gasteiger partial charge on any atom is 0.296 e. The van der Waals surface area contributed by atoms with Crippen molar-refractivity contribution >= 4 is 49.1 Å². The predicted octanol–water partition coefficient (Wildman–Crippen LogP) is 3.10. The molecule has 0 aliphatic carbocycles. The SMILES string of the molecule is COc1ccc(NC(=O)c2n[nH]c(Br)c2Br)c([N+](=O)[O-])c1. The van der Waals surface area contributed by atoms with Gasteiger partial charge in [0.05, 0.1) is 22.6 Å². The number of anilines is 1. The number of aromatic amines is 1. The van der Waals surface area contributed by atoms with E-state index in [0.717, 1.165) is 0 Å². The molecule has 0 fully saturated rings. The van der Waals surface area contributed by atoms with Gasteiger partial charge in [-0.25, -0.2) is 0 Å². The summed E-state index contributed by atoms with van der Waals surface area (Å²) in [6, 6.07) is 4.13. The number of nitrogens with zero attached hydrogens (tertiary/aromatic N) is 2. The Labute approximate surface area is 135 Å². The monoisotopic (exact) mass is 418 g/mol. The fourth-order valence-corrected chi connectivity index (χ4v) is 2.17. The van der Waals surface area contributed by atoms with Crippen LogP contribution in [-0.2, 0) is 0 Å². The highest BCUT2D eigenvalue weighted by Gasteiger charge is 2.21. The molecule has 1 aromatic heterocycles. The summed E-state index contributed by atoms with van der Waals surface area (Å²) in [5.41, 5.74) is -0.141. The zero-order valence-electron chi connectivity index (χ0n) is 10.5. The number of H-pyrrole nitrogens is 1. The van der Waals surface area contributed by atoms with Crippen LogP contribution in [0.4, 0.5) is 11.4 Å². The van der Waals surface area contributed by atoms with Crippen LogP contribution in [0, 0.1) is 10.1 Å². The van der Waals surface area contributed by atoms with Crippen LogP contribution in [0.5, 0.6) is 5.75 Å². The van der Waals surface area contributed by atoms with E-state index in [1.165, 1.54) is 25.3 Å². The Hall–Kier alpha value is -1.94. The largest absolute Gasteiger partial charge is 0.496 e. The van der Waals surface area contributed by atoms with Crippen LogP contribution < -0.4 is 10.1 Å². The molecule has 1 aromatic carbocycles. The van der Waals surface area contributed by atoms with Gasteiger partial charge in [0.15, 0.2) is 5.69 Å². The molecule has 0 bridgehead atoms. The molecule has 1 amide bonds. The van der Waals surface area contributed by atoms with Crippen molar-refractivity contribution in [3.8, 4) is 5.75 Å². The van der Waals surface area contributed by atoms with Gasteiger partial charge < -0.3 is 10.1 Å². The van der Waals surface area contributed by atoms with E-state index in [1.54, 1.807) is 0 Å². The minimum atomic E-state index is -0.604. The van der Waals surface area contributed by atoms with Crippen molar-refractivity contribution < 1.29 is 14.5 Å². The van der Waals surface area contributed by atoms with Crippen molar-refractivity contribution in [3.63, 3.8) is 0 Å². The van der Waals surface area contributed by atoms with E-state index in [2.05, 4.69) is 47.4 Å². The molecule has 0 aliphatic rings. The van der Waals surface area contributed by atoms with Gasteiger partial charge >= 0.3 is 0 Å². The lowest BCUT2D eigenvalue weighted by atomic mass is 10.2. The number of ether oxygens (including phenoxy) is 1. The summed E-state index contributed by atoms with van der Waals surface area (Å²) in [4.78, 5) is 22.5. The number of aromatic nitrogens is 2. The van der Waals surface area contributed by atoms with Crippen molar-refractivity contribution in [1.29, 1.82) is 0 Å². The highest BCUT2D eigenvalue weighted by Crippen LogP contribution is 2.30. The Kier molecular flexibility index (Phi) is 4.58. The van der Waals surface area contributed by atoms with Gasteiger partial charge in [0.1, 0.15) is 16.0 Å². The van der Waals surface area contributed by atoms with Crippen LogP contribution >= 0.6 is 31.9 Å². The summed E-state index contributed by atoms with van der Waals surface area (Å²) in [5, 5.41) is 19.8. The molecule has 0 saturated carbocycles. The molecule has 10 heteroatoms. The molecule has 2 N–H and O–H groups in total. The van der Waals surface area contributed by atoms with E-state index >= 15 is 0 Å². The lowest BCUT2D eigenvalue weighted by Crippen LogP contribution is -2.14. The average Bonchev–Trinajstić information content (AvgIpc) is 2.79. The van der Waals surface area contributed by atoms with E-state index in [0.29, 0.717) is 14.8 Å². The second-order valence-electron chi connectivity index (χ2n) is 3.79. The quantitative estimate of drug-likeness (QED) is 0.584. The van der Waals surface area contributed by atoms with E-state index in [-0.39, 0.29) is 17.1 Å². The molecule has 0 spiro atoms. The molecule has 2 rings (SSSR count). The third kappa shape index (κ3) is 3.22. The van der Waals surface area contributed by atoms with Crippen molar-refractivity contribution in [3.05, 3.63) is 43.1 Å². The number of hydrogen-bond acceptors (Lipinski definition) is 5. The number of rotatable bonds is 4. The van der Waals surface area contributed by atoms with Gasteiger partial charge in [0.25, 0.3) is 11.6 Å². The lowest BCUT2D eigenvalue weighted by molar-refractivity contribution is -0.384. The second kappa shape index (κ2) is 6.22. The number of hydrogen-bond donors (Lipinski definition) is 2. The third-order valence-corrected chi connectivity index (χ3v) is 4.41. The lowest BCUT2D eigenvalue weighted by Gasteiger charge is -2.06. The first-order valence-corrected chi connectivity index (χ1v) is 7.05. The number of nitro benzene ring substituents is 1. The first-order chi connectivity index (χ1) is 9.93. The van der Waals surface area contributed by atoms with Crippen molar-refractivity contribution in [1.82, 2.24) is 10.2 Å². The number of amides is 1. The summed E-state index contributed by atoms with van der Waals surface area (Å²) in [5.74, 6) is -0.263. The summed E-state index contributed by atoms with van der Waals surface area (Å²) < 4.78 is 5.85. The zero-order chi connectivity index (χ0) is 15.6. The number of methoxy groups -OCH3 is 1. The van der Waals surface area contributed by atoms with E-state index in [4.69, 9.17) is 4.74 Å². The number of nitrogens with one attached hydrogen (secondary N) is 2. The smallest absolute Gasteiger partial charge is 0.296 e. The molecular weight excluding hydrogens is 412 g/mol. The number of halogens is 2. The Morgan fingerprint density at radius 1 is 1.48 bits per heavy atom. The van der Waals surface area contributed by atoms with Crippen molar-refractivity contribution in [2.75, 3.05) is 12.4 Å². The van der Waals surface area contributed by atoms with Gasteiger partial charge in [-0.05, 0) is 44.0 Å². The molecule has 1 heterocycles. The molecule has 0 atom stereocenters. The van der Waals surface area contributed by atoms with Gasteiger partial charge in [-0.3, -0.25) is 20.0 Å². The average molecular weight is 420 g/mol. The fraction of sp³-hybridized carbons (Fsp3) is 0.0909. The minimum absolute atomic E-state index is 0.0526. The summed E-state index contributed by atoms with van der Waals surface area (Å²) in [6.45, 7) is 0. The number of carbonyl (C=O) groups is 1. The van der Waals surface area contributed by atoms with Crippen molar-refractivity contribution in [2.45, 2.75) is 0 Å². The van der Waals surface area contributed by atoms with Crippen LogP contribution in [-0.4, -0.2) is 28.1 Å². The summed E-state index contributed by atoms with van der Waals surface area (Å²) in [7, 11) is 1.40. The first-order valence-electron chi connectivity index (χ1n) is 5.47. The molecule has 0 radical (unpaired) electrons.